The second-order valence-corrected chi connectivity index (χ2v) is 3.34. The smallest absolute Gasteiger partial charge is 0.148 e. The first-order chi connectivity index (χ1) is 5.77. The van der Waals surface area contributed by atoms with Crippen molar-refractivity contribution in [3.05, 3.63) is 16.1 Å². The summed E-state index contributed by atoms with van der Waals surface area (Å²) in [6.45, 7) is 4.70. The number of hydrogen-bond acceptors (Lipinski definition) is 4. The third kappa shape index (κ3) is 2.03. The number of aryl methyl sites for hydroxylation is 1. The van der Waals surface area contributed by atoms with E-state index in [2.05, 4.69) is 16.4 Å². The minimum atomic E-state index is -0.242. The highest BCUT2D eigenvalue weighted by molar-refractivity contribution is 7.09. The Morgan fingerprint density at radius 1 is 1.83 bits per heavy atom. The molecule has 3 nitrogen and oxygen atoms in total. The summed E-state index contributed by atoms with van der Waals surface area (Å²) in [5.41, 5.74) is 0.980. The van der Waals surface area contributed by atoms with E-state index in [1.54, 1.807) is 0 Å². The molecule has 0 aliphatic heterocycles. The Hall–Kier alpha value is -0.920. The van der Waals surface area contributed by atoms with Gasteiger partial charge < -0.3 is 0 Å². The lowest BCUT2D eigenvalue weighted by Gasteiger charge is -2.04. The SMILES string of the molecule is CCNC(C#N)c1nc(C)cs1. The van der Waals surface area contributed by atoms with Crippen LogP contribution in [-0.2, 0) is 0 Å². The fourth-order valence-electron chi connectivity index (χ4n) is 0.897. The van der Waals surface area contributed by atoms with Crippen LogP contribution in [0.15, 0.2) is 5.38 Å². The summed E-state index contributed by atoms with van der Waals surface area (Å²) in [5, 5.41) is 14.6. The molecule has 0 amide bonds. The van der Waals surface area contributed by atoms with Gasteiger partial charge in [0, 0.05) is 11.1 Å². The Morgan fingerprint density at radius 2 is 2.58 bits per heavy atom. The maximum absolute atomic E-state index is 8.77. The normalized spacial score (nSPS) is 12.4. The van der Waals surface area contributed by atoms with E-state index < -0.39 is 0 Å². The van der Waals surface area contributed by atoms with Gasteiger partial charge in [-0.25, -0.2) is 4.98 Å². The molecule has 12 heavy (non-hydrogen) atoms. The van der Waals surface area contributed by atoms with Crippen molar-refractivity contribution in [2.75, 3.05) is 6.54 Å². The number of thiazole rings is 1. The van der Waals surface area contributed by atoms with E-state index in [0.717, 1.165) is 17.2 Å². The molecule has 1 unspecified atom stereocenters. The maximum atomic E-state index is 8.77. The fraction of sp³-hybridized carbons (Fsp3) is 0.500. The second-order valence-electron chi connectivity index (χ2n) is 2.45. The Bertz CT molecular complexity index is 287. The molecular formula is C8H11N3S. The molecule has 0 bridgehead atoms. The Labute approximate surface area is 76.1 Å². The molecule has 0 aliphatic carbocycles. The molecule has 1 aromatic rings. The lowest BCUT2D eigenvalue weighted by Crippen LogP contribution is -2.18. The van der Waals surface area contributed by atoms with Crippen LogP contribution in [0.5, 0.6) is 0 Å². The average molecular weight is 181 g/mol. The molecule has 1 heterocycles. The maximum Gasteiger partial charge on any atom is 0.148 e. The zero-order valence-electron chi connectivity index (χ0n) is 7.16. The number of hydrogen-bond donors (Lipinski definition) is 1. The summed E-state index contributed by atoms with van der Waals surface area (Å²) in [4.78, 5) is 4.23. The van der Waals surface area contributed by atoms with Gasteiger partial charge in [-0.2, -0.15) is 5.26 Å². The van der Waals surface area contributed by atoms with Gasteiger partial charge in [-0.3, -0.25) is 5.32 Å². The van der Waals surface area contributed by atoms with Crippen LogP contribution in [0.1, 0.15) is 23.7 Å². The van der Waals surface area contributed by atoms with Crippen LogP contribution in [0, 0.1) is 18.3 Å². The predicted molar refractivity (Wildman–Crippen MR) is 48.9 cm³/mol. The van der Waals surface area contributed by atoms with E-state index in [9.17, 15) is 0 Å². The van der Waals surface area contributed by atoms with Gasteiger partial charge in [-0.15, -0.1) is 11.3 Å². The summed E-state index contributed by atoms with van der Waals surface area (Å²) >= 11 is 1.53. The first-order valence-electron chi connectivity index (χ1n) is 3.83. The van der Waals surface area contributed by atoms with Crippen molar-refractivity contribution in [1.29, 1.82) is 5.26 Å². The molecule has 0 saturated heterocycles. The third-order valence-corrected chi connectivity index (χ3v) is 2.45. The summed E-state index contributed by atoms with van der Waals surface area (Å²) in [6, 6.07) is 1.93. The third-order valence-electron chi connectivity index (χ3n) is 1.42. The van der Waals surface area contributed by atoms with E-state index in [4.69, 9.17) is 5.26 Å². The molecule has 0 radical (unpaired) electrons. The van der Waals surface area contributed by atoms with Crippen LogP contribution in [-0.4, -0.2) is 11.5 Å². The number of nitrogens with zero attached hydrogens (tertiary/aromatic N) is 2. The zero-order valence-corrected chi connectivity index (χ0v) is 7.98. The minimum Gasteiger partial charge on any atom is -0.296 e. The minimum absolute atomic E-state index is 0.242. The van der Waals surface area contributed by atoms with Crippen molar-refractivity contribution in [3.8, 4) is 6.07 Å². The summed E-state index contributed by atoms with van der Waals surface area (Å²) in [5.74, 6) is 0. The van der Waals surface area contributed by atoms with Crippen LogP contribution >= 0.6 is 11.3 Å². The molecule has 0 fully saturated rings. The van der Waals surface area contributed by atoms with Crippen molar-refractivity contribution < 1.29 is 0 Å². The quantitative estimate of drug-likeness (QED) is 0.771. The molecule has 1 aromatic heterocycles. The van der Waals surface area contributed by atoms with Crippen LogP contribution in [0.3, 0.4) is 0 Å². The standard InChI is InChI=1S/C8H11N3S/c1-3-10-7(4-9)8-11-6(2)5-12-8/h5,7,10H,3H2,1-2H3. The first-order valence-corrected chi connectivity index (χ1v) is 4.71. The van der Waals surface area contributed by atoms with Crippen molar-refractivity contribution in [2.24, 2.45) is 0 Å². The van der Waals surface area contributed by atoms with E-state index >= 15 is 0 Å². The van der Waals surface area contributed by atoms with Gasteiger partial charge in [-0.05, 0) is 13.5 Å². The van der Waals surface area contributed by atoms with Crippen LogP contribution in [0.4, 0.5) is 0 Å². The van der Waals surface area contributed by atoms with Gasteiger partial charge >= 0.3 is 0 Å². The van der Waals surface area contributed by atoms with Gasteiger partial charge in [0.15, 0.2) is 0 Å². The fourth-order valence-corrected chi connectivity index (χ4v) is 1.71. The van der Waals surface area contributed by atoms with Gasteiger partial charge in [0.05, 0.1) is 6.07 Å². The molecule has 0 aromatic carbocycles. The summed E-state index contributed by atoms with van der Waals surface area (Å²) in [7, 11) is 0. The van der Waals surface area contributed by atoms with Gasteiger partial charge in [0.2, 0.25) is 0 Å². The molecular weight excluding hydrogens is 170 g/mol. The summed E-state index contributed by atoms with van der Waals surface area (Å²) in [6.07, 6.45) is 0. The Morgan fingerprint density at radius 3 is 3.00 bits per heavy atom. The molecule has 4 heteroatoms. The monoisotopic (exact) mass is 181 g/mol. The van der Waals surface area contributed by atoms with E-state index in [-0.39, 0.29) is 6.04 Å². The van der Waals surface area contributed by atoms with Gasteiger partial charge in [0.1, 0.15) is 11.0 Å². The Balaban J connectivity index is 2.74. The molecule has 0 aliphatic rings. The van der Waals surface area contributed by atoms with Crippen LogP contribution in [0.25, 0.3) is 0 Å². The van der Waals surface area contributed by atoms with Crippen LogP contribution in [0.2, 0.25) is 0 Å². The summed E-state index contributed by atoms with van der Waals surface area (Å²) < 4.78 is 0. The first kappa shape index (κ1) is 9.17. The highest BCUT2D eigenvalue weighted by Gasteiger charge is 2.11. The molecule has 1 rings (SSSR count). The van der Waals surface area contributed by atoms with Crippen molar-refractivity contribution >= 4 is 11.3 Å². The number of rotatable bonds is 3. The average Bonchev–Trinajstić information content (AvgIpc) is 2.47. The van der Waals surface area contributed by atoms with Crippen LogP contribution < -0.4 is 5.32 Å². The van der Waals surface area contributed by atoms with Crippen molar-refractivity contribution in [2.45, 2.75) is 19.9 Å². The Kier molecular flexibility index (Phi) is 3.20. The second kappa shape index (κ2) is 4.19. The lowest BCUT2D eigenvalue weighted by atomic mass is 10.3. The zero-order chi connectivity index (χ0) is 8.97. The van der Waals surface area contributed by atoms with Gasteiger partial charge in [-0.1, -0.05) is 6.92 Å². The highest BCUT2D eigenvalue weighted by atomic mass is 32.1. The molecule has 64 valence electrons. The molecule has 0 spiro atoms. The highest BCUT2D eigenvalue weighted by Crippen LogP contribution is 2.16. The van der Waals surface area contributed by atoms with Crippen molar-refractivity contribution in [1.82, 2.24) is 10.3 Å². The molecule has 0 saturated carbocycles. The molecule has 1 atom stereocenters. The largest absolute Gasteiger partial charge is 0.296 e. The van der Waals surface area contributed by atoms with Crippen molar-refractivity contribution in [3.63, 3.8) is 0 Å². The van der Waals surface area contributed by atoms with E-state index in [1.165, 1.54) is 11.3 Å². The number of nitrogens with one attached hydrogen (secondary N) is 1. The predicted octanol–water partition coefficient (Wildman–Crippen LogP) is 1.63. The van der Waals surface area contributed by atoms with E-state index in [0.29, 0.717) is 0 Å². The topological polar surface area (TPSA) is 48.7 Å². The van der Waals surface area contributed by atoms with Gasteiger partial charge in [0.25, 0.3) is 0 Å². The number of aromatic nitrogens is 1. The van der Waals surface area contributed by atoms with E-state index in [1.807, 2.05) is 19.2 Å². The lowest BCUT2D eigenvalue weighted by molar-refractivity contribution is 0.653. The number of nitriles is 1. The molecule has 1 N–H and O–H groups in total.